The summed E-state index contributed by atoms with van der Waals surface area (Å²) in [4.78, 5) is 0. The van der Waals surface area contributed by atoms with Crippen LogP contribution in [0.25, 0.3) is 10.9 Å². The Hall–Kier alpha value is -1.22. The highest BCUT2D eigenvalue weighted by atomic mass is 32.1. The first-order chi connectivity index (χ1) is 5.40. The van der Waals surface area contributed by atoms with Crippen molar-refractivity contribution in [1.29, 1.82) is 0 Å². The van der Waals surface area contributed by atoms with Gasteiger partial charge >= 0.3 is 0 Å². The van der Waals surface area contributed by atoms with E-state index in [2.05, 4.69) is 5.10 Å². The minimum atomic E-state index is 0.980. The summed E-state index contributed by atoms with van der Waals surface area (Å²) in [7, 11) is 0. The molecule has 0 saturated heterocycles. The molecule has 0 fully saturated rings. The van der Waals surface area contributed by atoms with Crippen LogP contribution in [0.2, 0.25) is 0 Å². The van der Waals surface area contributed by atoms with Crippen LogP contribution < -0.4 is 0 Å². The van der Waals surface area contributed by atoms with Gasteiger partial charge in [-0.1, -0.05) is 30.4 Å². The van der Waals surface area contributed by atoms with Crippen molar-refractivity contribution in [2.75, 3.05) is 0 Å². The molecule has 1 aromatic heterocycles. The Morgan fingerprint density at radius 1 is 1.36 bits per heavy atom. The van der Waals surface area contributed by atoms with E-state index in [9.17, 15) is 0 Å². The average molecular weight is 162 g/mol. The second-order valence-corrected chi connectivity index (χ2v) is 2.48. The molecule has 0 saturated carbocycles. The third kappa shape index (κ3) is 1.03. The fourth-order valence-corrected chi connectivity index (χ4v) is 1.15. The number of aromatic nitrogens is 2. The van der Waals surface area contributed by atoms with Gasteiger partial charge in [0.15, 0.2) is 0 Å². The Morgan fingerprint density at radius 2 is 2.18 bits per heavy atom. The molecule has 0 unspecified atom stereocenters. The van der Waals surface area contributed by atoms with Crippen LogP contribution in [0.4, 0.5) is 0 Å². The predicted octanol–water partition coefficient (Wildman–Crippen LogP) is 1.84. The number of benzene rings is 1. The summed E-state index contributed by atoms with van der Waals surface area (Å²) in [6.07, 6.45) is 1.91. The van der Waals surface area contributed by atoms with Crippen molar-refractivity contribution in [1.82, 2.24) is 9.78 Å². The number of nitrogens with zero attached hydrogens (tertiary/aromatic N) is 2. The molecule has 2 nitrogen and oxygen atoms in total. The first kappa shape index (κ1) is 6.49. The normalized spacial score (nSPS) is 10.2. The first-order valence-corrected chi connectivity index (χ1v) is 3.76. The van der Waals surface area contributed by atoms with Crippen LogP contribution in [-0.4, -0.2) is 15.3 Å². The lowest BCUT2D eigenvalue weighted by atomic mass is 10.3. The van der Waals surface area contributed by atoms with Gasteiger partial charge in [0, 0.05) is 11.6 Å². The molecule has 0 atom stereocenters. The van der Waals surface area contributed by atoms with Crippen LogP contribution in [0.1, 0.15) is 0 Å². The largest absolute Gasteiger partial charge is 0.236 e. The van der Waals surface area contributed by atoms with Crippen molar-refractivity contribution in [2.24, 2.45) is 0 Å². The Kier molecular flexibility index (Phi) is 1.43. The van der Waals surface area contributed by atoms with Gasteiger partial charge in [-0.25, -0.2) is 4.68 Å². The van der Waals surface area contributed by atoms with Gasteiger partial charge in [0.2, 0.25) is 0 Å². The zero-order chi connectivity index (χ0) is 7.68. The summed E-state index contributed by atoms with van der Waals surface area (Å²) >= 11 is 4.73. The summed E-state index contributed by atoms with van der Waals surface area (Å²) in [6, 6.07) is 7.92. The zero-order valence-corrected chi connectivity index (χ0v) is 6.58. The molecule has 0 spiro atoms. The molecule has 0 N–H and O–H groups in total. The van der Waals surface area contributed by atoms with Crippen LogP contribution in [-0.2, 0) is 0 Å². The third-order valence-corrected chi connectivity index (χ3v) is 1.76. The summed E-state index contributed by atoms with van der Waals surface area (Å²) in [6.45, 7) is 0. The Balaban J connectivity index is 2.78. The van der Waals surface area contributed by atoms with E-state index in [-0.39, 0.29) is 0 Å². The van der Waals surface area contributed by atoms with Crippen LogP contribution >= 0.6 is 12.2 Å². The Bertz CT molecular complexity index is 359. The van der Waals surface area contributed by atoms with Gasteiger partial charge in [0.25, 0.3) is 0 Å². The SMILES string of the molecule is S=Cn1cc2ccccc2n1. The lowest BCUT2D eigenvalue weighted by Crippen LogP contribution is -1.90. The van der Waals surface area contributed by atoms with Gasteiger partial charge in [-0.3, -0.25) is 0 Å². The molecule has 0 aliphatic heterocycles. The van der Waals surface area contributed by atoms with E-state index in [1.165, 1.54) is 5.49 Å². The molecule has 1 aromatic carbocycles. The van der Waals surface area contributed by atoms with Crippen molar-refractivity contribution in [3.8, 4) is 0 Å². The van der Waals surface area contributed by atoms with Gasteiger partial charge in [0.1, 0.15) is 0 Å². The summed E-state index contributed by atoms with van der Waals surface area (Å²) < 4.78 is 1.64. The molecule has 1 heterocycles. The van der Waals surface area contributed by atoms with Crippen LogP contribution in [0.5, 0.6) is 0 Å². The molecule has 0 amide bonds. The number of rotatable bonds is 1. The summed E-state index contributed by atoms with van der Waals surface area (Å²) in [5, 5.41) is 5.31. The zero-order valence-electron chi connectivity index (χ0n) is 5.77. The standard InChI is InChI=1S/C8H6N2S/c11-6-10-5-7-3-1-2-4-8(7)9-10/h1-6H. The molecule has 11 heavy (non-hydrogen) atoms. The van der Waals surface area contributed by atoms with Gasteiger partial charge < -0.3 is 0 Å². The smallest absolute Gasteiger partial charge is 0.0927 e. The highest BCUT2D eigenvalue weighted by Gasteiger charge is 1.94. The van der Waals surface area contributed by atoms with Gasteiger partial charge in [0.05, 0.1) is 11.0 Å². The van der Waals surface area contributed by atoms with Gasteiger partial charge in [-0.2, -0.15) is 5.10 Å². The molecule has 54 valence electrons. The van der Waals surface area contributed by atoms with Crippen molar-refractivity contribution < 1.29 is 0 Å². The number of hydrogen-bond donors (Lipinski definition) is 0. The molecule has 0 radical (unpaired) electrons. The Labute approximate surface area is 69.4 Å². The maximum absolute atomic E-state index is 4.73. The summed E-state index contributed by atoms with van der Waals surface area (Å²) in [5.74, 6) is 0. The van der Waals surface area contributed by atoms with Crippen molar-refractivity contribution >= 4 is 28.6 Å². The quantitative estimate of drug-likeness (QED) is 0.595. The minimum absolute atomic E-state index is 0.980. The van der Waals surface area contributed by atoms with E-state index in [1.807, 2.05) is 30.5 Å². The van der Waals surface area contributed by atoms with Crippen molar-refractivity contribution in [3.63, 3.8) is 0 Å². The van der Waals surface area contributed by atoms with E-state index < -0.39 is 0 Å². The van der Waals surface area contributed by atoms with E-state index in [1.54, 1.807) is 4.68 Å². The van der Waals surface area contributed by atoms with E-state index in [0.717, 1.165) is 10.9 Å². The lowest BCUT2D eigenvalue weighted by Gasteiger charge is -1.81. The van der Waals surface area contributed by atoms with Crippen LogP contribution in [0.15, 0.2) is 30.5 Å². The van der Waals surface area contributed by atoms with Crippen LogP contribution in [0, 0.1) is 0 Å². The fourth-order valence-electron chi connectivity index (χ4n) is 1.04. The maximum atomic E-state index is 4.73. The Morgan fingerprint density at radius 3 is 2.91 bits per heavy atom. The molecule has 0 bridgehead atoms. The molecule has 0 aliphatic rings. The van der Waals surface area contributed by atoms with E-state index >= 15 is 0 Å². The predicted molar refractivity (Wildman–Crippen MR) is 48.8 cm³/mol. The van der Waals surface area contributed by atoms with Crippen LogP contribution in [0.3, 0.4) is 0 Å². The van der Waals surface area contributed by atoms with Gasteiger partial charge in [-0.05, 0) is 6.07 Å². The molecular weight excluding hydrogens is 156 g/mol. The highest BCUT2D eigenvalue weighted by molar-refractivity contribution is 7.78. The number of fused-ring (bicyclic) bond motifs is 1. The molecule has 3 heteroatoms. The van der Waals surface area contributed by atoms with E-state index in [0.29, 0.717) is 0 Å². The number of hydrogen-bond acceptors (Lipinski definition) is 2. The highest BCUT2D eigenvalue weighted by Crippen LogP contribution is 2.09. The minimum Gasteiger partial charge on any atom is -0.236 e. The average Bonchev–Trinajstić information content (AvgIpc) is 2.46. The monoisotopic (exact) mass is 162 g/mol. The first-order valence-electron chi connectivity index (χ1n) is 3.29. The fraction of sp³-hybridized carbons (Fsp3) is 0. The van der Waals surface area contributed by atoms with Crippen molar-refractivity contribution in [2.45, 2.75) is 0 Å². The molecule has 2 aromatic rings. The van der Waals surface area contributed by atoms with Gasteiger partial charge in [-0.15, -0.1) is 0 Å². The second-order valence-electron chi connectivity index (χ2n) is 2.27. The second kappa shape index (κ2) is 2.43. The molecular formula is C8H6N2S. The topological polar surface area (TPSA) is 17.8 Å². The molecule has 0 aliphatic carbocycles. The summed E-state index contributed by atoms with van der Waals surface area (Å²) in [5.41, 5.74) is 2.49. The molecule has 2 rings (SSSR count). The maximum Gasteiger partial charge on any atom is 0.0927 e. The van der Waals surface area contributed by atoms with Crippen molar-refractivity contribution in [3.05, 3.63) is 30.5 Å². The lowest BCUT2D eigenvalue weighted by molar-refractivity contribution is 0.991. The van der Waals surface area contributed by atoms with E-state index in [4.69, 9.17) is 12.2 Å². The third-order valence-electron chi connectivity index (χ3n) is 1.54. The number of thiocarbonyl (C=S) groups is 1.